The van der Waals surface area contributed by atoms with Gasteiger partial charge in [0.15, 0.2) is 8.07 Å². The first kappa shape index (κ1) is 10.5. The molecule has 0 spiro atoms. The molecule has 1 unspecified atom stereocenters. The summed E-state index contributed by atoms with van der Waals surface area (Å²) in [5, 5.41) is 0. The summed E-state index contributed by atoms with van der Waals surface area (Å²) in [5.74, 6) is 0. The molecule has 0 N–H and O–H groups in total. The fraction of sp³-hybridized carbons (Fsp3) is 0.455. The van der Waals surface area contributed by atoms with Crippen molar-refractivity contribution in [2.45, 2.75) is 25.0 Å². The van der Waals surface area contributed by atoms with E-state index in [1.54, 1.807) is 0 Å². The molecule has 0 bridgehead atoms. The lowest BCUT2D eigenvalue weighted by atomic mass is 10.2. The van der Waals surface area contributed by atoms with E-state index in [0.717, 1.165) is 13.0 Å². The molecule has 1 saturated heterocycles. The second-order valence-corrected chi connectivity index (χ2v) is 7.34. The SMILES string of the molecule is C=C[Si](C=C)(C=C)C1CCCCO1. The van der Waals surface area contributed by atoms with E-state index in [0.29, 0.717) is 5.73 Å². The Kier molecular flexibility index (Phi) is 3.69. The standard InChI is InChI=1S/C11H18OSi/c1-4-13(5-2,6-3)11-9-7-8-10-12-11/h4-6,11H,1-3,7-10H2. The Bertz CT molecular complexity index is 182. The Balaban J connectivity index is 2.77. The molecule has 72 valence electrons. The van der Waals surface area contributed by atoms with E-state index < -0.39 is 8.07 Å². The highest BCUT2D eigenvalue weighted by molar-refractivity contribution is 6.94. The van der Waals surface area contributed by atoms with Crippen LogP contribution in [0.4, 0.5) is 0 Å². The van der Waals surface area contributed by atoms with E-state index in [4.69, 9.17) is 4.74 Å². The monoisotopic (exact) mass is 194 g/mol. The van der Waals surface area contributed by atoms with Crippen LogP contribution >= 0.6 is 0 Å². The predicted molar refractivity (Wildman–Crippen MR) is 59.9 cm³/mol. The molecule has 1 nitrogen and oxygen atoms in total. The summed E-state index contributed by atoms with van der Waals surface area (Å²) in [4.78, 5) is 0. The van der Waals surface area contributed by atoms with Crippen molar-refractivity contribution < 1.29 is 4.74 Å². The van der Waals surface area contributed by atoms with E-state index in [1.807, 2.05) is 17.1 Å². The summed E-state index contributed by atoms with van der Waals surface area (Å²) < 4.78 is 5.76. The highest BCUT2D eigenvalue weighted by Crippen LogP contribution is 2.24. The van der Waals surface area contributed by atoms with Gasteiger partial charge in [0, 0.05) is 6.61 Å². The molecule has 0 radical (unpaired) electrons. The molecule has 1 rings (SSSR count). The second kappa shape index (κ2) is 4.58. The maximum absolute atomic E-state index is 5.76. The Morgan fingerprint density at radius 2 is 1.69 bits per heavy atom. The van der Waals surface area contributed by atoms with Gasteiger partial charge in [-0.3, -0.25) is 0 Å². The zero-order valence-electron chi connectivity index (χ0n) is 8.17. The molecule has 1 heterocycles. The van der Waals surface area contributed by atoms with Gasteiger partial charge < -0.3 is 4.74 Å². The van der Waals surface area contributed by atoms with Gasteiger partial charge in [-0.25, -0.2) is 0 Å². The van der Waals surface area contributed by atoms with E-state index in [1.165, 1.54) is 12.8 Å². The van der Waals surface area contributed by atoms with Crippen LogP contribution in [0.1, 0.15) is 19.3 Å². The molecular formula is C11H18OSi. The molecule has 0 aromatic rings. The molecule has 1 fully saturated rings. The number of hydrogen-bond donors (Lipinski definition) is 0. The molecule has 13 heavy (non-hydrogen) atoms. The van der Waals surface area contributed by atoms with Crippen LogP contribution in [0.3, 0.4) is 0 Å². The smallest absolute Gasteiger partial charge is 0.156 e. The Morgan fingerprint density at radius 1 is 1.08 bits per heavy atom. The Labute approximate surface area is 81.8 Å². The molecule has 1 atom stereocenters. The van der Waals surface area contributed by atoms with Crippen molar-refractivity contribution in [1.82, 2.24) is 0 Å². The first-order chi connectivity index (χ1) is 6.29. The third-order valence-electron chi connectivity index (χ3n) is 2.80. The van der Waals surface area contributed by atoms with Gasteiger partial charge in [-0.05, 0) is 19.3 Å². The van der Waals surface area contributed by atoms with Gasteiger partial charge in [-0.15, -0.1) is 19.7 Å². The lowest BCUT2D eigenvalue weighted by Crippen LogP contribution is -2.46. The van der Waals surface area contributed by atoms with Crippen molar-refractivity contribution in [2.24, 2.45) is 0 Å². The van der Waals surface area contributed by atoms with Gasteiger partial charge in [-0.2, -0.15) is 0 Å². The maximum Gasteiger partial charge on any atom is 0.156 e. The zero-order chi connectivity index (χ0) is 9.73. The third-order valence-corrected chi connectivity index (χ3v) is 6.49. The average Bonchev–Trinajstić information content (AvgIpc) is 2.23. The maximum atomic E-state index is 5.76. The molecule has 1 aliphatic heterocycles. The topological polar surface area (TPSA) is 9.23 Å². The highest BCUT2D eigenvalue weighted by atomic mass is 28.3. The van der Waals surface area contributed by atoms with Crippen molar-refractivity contribution in [2.75, 3.05) is 6.61 Å². The van der Waals surface area contributed by atoms with Crippen LogP contribution in [0.2, 0.25) is 0 Å². The van der Waals surface area contributed by atoms with Crippen LogP contribution in [-0.4, -0.2) is 20.4 Å². The average molecular weight is 194 g/mol. The number of rotatable bonds is 4. The summed E-state index contributed by atoms with van der Waals surface area (Å²) in [7, 11) is -1.75. The van der Waals surface area contributed by atoms with Gasteiger partial charge in [-0.1, -0.05) is 17.1 Å². The van der Waals surface area contributed by atoms with Gasteiger partial charge in [0.1, 0.15) is 0 Å². The fourth-order valence-corrected chi connectivity index (χ4v) is 4.18. The van der Waals surface area contributed by atoms with Crippen molar-refractivity contribution in [3.63, 3.8) is 0 Å². The summed E-state index contributed by atoms with van der Waals surface area (Å²) in [6.45, 7) is 12.6. The lowest BCUT2D eigenvalue weighted by molar-refractivity contribution is 0.0622. The van der Waals surface area contributed by atoms with Crippen LogP contribution in [0.15, 0.2) is 36.8 Å². The van der Waals surface area contributed by atoms with Crippen molar-refractivity contribution in [1.29, 1.82) is 0 Å². The van der Waals surface area contributed by atoms with Crippen molar-refractivity contribution >= 4 is 8.07 Å². The molecule has 0 aliphatic carbocycles. The van der Waals surface area contributed by atoms with Crippen LogP contribution in [0.5, 0.6) is 0 Å². The van der Waals surface area contributed by atoms with E-state index >= 15 is 0 Å². The van der Waals surface area contributed by atoms with Crippen LogP contribution in [0.25, 0.3) is 0 Å². The quantitative estimate of drug-likeness (QED) is 0.625. The largest absolute Gasteiger partial charge is 0.380 e. The first-order valence-electron chi connectivity index (χ1n) is 4.81. The third kappa shape index (κ3) is 2.01. The lowest BCUT2D eigenvalue weighted by Gasteiger charge is -2.33. The van der Waals surface area contributed by atoms with E-state index in [-0.39, 0.29) is 0 Å². The number of hydrogen-bond acceptors (Lipinski definition) is 1. The van der Waals surface area contributed by atoms with Crippen molar-refractivity contribution in [3.8, 4) is 0 Å². The van der Waals surface area contributed by atoms with Crippen LogP contribution < -0.4 is 0 Å². The van der Waals surface area contributed by atoms with Crippen LogP contribution in [0, 0.1) is 0 Å². The van der Waals surface area contributed by atoms with Gasteiger partial charge in [0.25, 0.3) is 0 Å². The van der Waals surface area contributed by atoms with Gasteiger partial charge in [0.2, 0.25) is 0 Å². The minimum atomic E-state index is -1.75. The fourth-order valence-electron chi connectivity index (χ4n) is 1.78. The first-order valence-corrected chi connectivity index (χ1v) is 7.12. The normalized spacial score (nSPS) is 23.5. The zero-order valence-corrected chi connectivity index (χ0v) is 9.17. The Morgan fingerprint density at radius 3 is 2.08 bits per heavy atom. The molecule has 0 saturated carbocycles. The van der Waals surface area contributed by atoms with Crippen molar-refractivity contribution in [3.05, 3.63) is 36.8 Å². The summed E-state index contributed by atoms with van der Waals surface area (Å²) in [6, 6.07) is 0. The molecule has 0 aromatic heterocycles. The minimum Gasteiger partial charge on any atom is -0.380 e. The molecule has 2 heteroatoms. The van der Waals surface area contributed by atoms with E-state index in [2.05, 4.69) is 19.7 Å². The van der Waals surface area contributed by atoms with Gasteiger partial charge >= 0.3 is 0 Å². The van der Waals surface area contributed by atoms with Crippen LogP contribution in [-0.2, 0) is 4.74 Å². The summed E-state index contributed by atoms with van der Waals surface area (Å²) >= 11 is 0. The summed E-state index contributed by atoms with van der Waals surface area (Å²) in [5.41, 5.74) is 6.38. The molecule has 0 amide bonds. The summed E-state index contributed by atoms with van der Waals surface area (Å²) in [6.07, 6.45) is 3.58. The number of ether oxygens (including phenoxy) is 1. The second-order valence-electron chi connectivity index (χ2n) is 3.47. The minimum absolute atomic E-state index is 0.328. The molecule has 1 aliphatic rings. The van der Waals surface area contributed by atoms with E-state index in [9.17, 15) is 0 Å². The molecular weight excluding hydrogens is 176 g/mol. The molecule has 0 aromatic carbocycles. The Hall–Kier alpha value is -0.603. The van der Waals surface area contributed by atoms with Gasteiger partial charge in [0.05, 0.1) is 5.73 Å². The predicted octanol–water partition coefficient (Wildman–Crippen LogP) is 2.72. The highest BCUT2D eigenvalue weighted by Gasteiger charge is 2.34.